The Bertz CT molecular complexity index is 653. The molecule has 7 heteroatoms. The van der Waals surface area contributed by atoms with Crippen LogP contribution in [0.3, 0.4) is 0 Å². The summed E-state index contributed by atoms with van der Waals surface area (Å²) in [6.07, 6.45) is 1.22. The SMILES string of the molecule is COc1ccc(COC(=O)[C@@H]2CS[C@@]3(C)CCC(=O)N23)cc1F. The smallest absolute Gasteiger partial charge is 0.330 e. The lowest BCUT2D eigenvalue weighted by atomic mass is 10.2. The highest BCUT2D eigenvalue weighted by molar-refractivity contribution is 8.01. The average molecular weight is 339 g/mol. The first-order valence-corrected chi connectivity index (χ1v) is 8.38. The Balaban J connectivity index is 1.64. The van der Waals surface area contributed by atoms with E-state index in [0.29, 0.717) is 17.7 Å². The molecule has 0 spiro atoms. The second-order valence-corrected chi connectivity index (χ2v) is 7.34. The fourth-order valence-electron chi connectivity index (χ4n) is 3.05. The van der Waals surface area contributed by atoms with Crippen LogP contribution in [0.15, 0.2) is 18.2 Å². The van der Waals surface area contributed by atoms with Gasteiger partial charge in [-0.1, -0.05) is 6.07 Å². The fraction of sp³-hybridized carbons (Fsp3) is 0.500. The molecule has 1 aromatic rings. The highest BCUT2D eigenvalue weighted by Crippen LogP contribution is 2.47. The van der Waals surface area contributed by atoms with Gasteiger partial charge in [-0.25, -0.2) is 9.18 Å². The zero-order chi connectivity index (χ0) is 16.6. The first kappa shape index (κ1) is 16.1. The summed E-state index contributed by atoms with van der Waals surface area (Å²) in [7, 11) is 1.39. The van der Waals surface area contributed by atoms with Crippen LogP contribution in [-0.4, -0.2) is 40.6 Å². The third-order valence-electron chi connectivity index (χ3n) is 4.31. The van der Waals surface area contributed by atoms with E-state index in [4.69, 9.17) is 9.47 Å². The predicted octanol–water partition coefficient (Wildman–Crippen LogP) is 2.33. The van der Waals surface area contributed by atoms with Crippen molar-refractivity contribution >= 4 is 23.6 Å². The highest BCUT2D eigenvalue weighted by Gasteiger charge is 2.53. The molecule has 0 aliphatic carbocycles. The summed E-state index contributed by atoms with van der Waals surface area (Å²) in [6.45, 7) is 1.95. The number of rotatable bonds is 4. The van der Waals surface area contributed by atoms with Crippen LogP contribution in [0, 0.1) is 5.82 Å². The molecule has 2 heterocycles. The van der Waals surface area contributed by atoms with Gasteiger partial charge in [0.1, 0.15) is 12.6 Å². The maximum atomic E-state index is 13.6. The van der Waals surface area contributed by atoms with E-state index in [9.17, 15) is 14.0 Å². The van der Waals surface area contributed by atoms with E-state index in [1.807, 2.05) is 6.92 Å². The van der Waals surface area contributed by atoms with E-state index in [-0.39, 0.29) is 23.1 Å². The van der Waals surface area contributed by atoms with E-state index in [1.54, 1.807) is 22.7 Å². The van der Waals surface area contributed by atoms with Crippen LogP contribution in [0.1, 0.15) is 25.3 Å². The molecule has 2 aliphatic heterocycles. The number of carbonyl (C=O) groups is 2. The zero-order valence-electron chi connectivity index (χ0n) is 13.0. The van der Waals surface area contributed by atoms with E-state index in [0.717, 1.165) is 6.42 Å². The summed E-state index contributed by atoms with van der Waals surface area (Å²) < 4.78 is 23.8. The minimum atomic E-state index is -0.553. The Labute approximate surface area is 138 Å². The number of benzene rings is 1. The number of thioether (sulfide) groups is 1. The molecule has 2 saturated heterocycles. The molecule has 0 N–H and O–H groups in total. The number of esters is 1. The lowest BCUT2D eigenvalue weighted by Gasteiger charge is -2.29. The monoisotopic (exact) mass is 339 g/mol. The Morgan fingerprint density at radius 3 is 3.00 bits per heavy atom. The molecular formula is C16H18FNO4S. The summed E-state index contributed by atoms with van der Waals surface area (Å²) in [5, 5.41) is 0. The van der Waals surface area contributed by atoms with E-state index >= 15 is 0 Å². The molecular weight excluding hydrogens is 321 g/mol. The third-order valence-corrected chi connectivity index (χ3v) is 5.82. The van der Waals surface area contributed by atoms with Crippen LogP contribution in [-0.2, 0) is 20.9 Å². The van der Waals surface area contributed by atoms with Gasteiger partial charge in [0.15, 0.2) is 11.6 Å². The molecule has 2 fully saturated rings. The number of hydrogen-bond donors (Lipinski definition) is 0. The molecule has 1 amide bonds. The van der Waals surface area contributed by atoms with Crippen molar-refractivity contribution in [2.45, 2.75) is 37.3 Å². The molecule has 0 radical (unpaired) electrons. The molecule has 3 rings (SSSR count). The van der Waals surface area contributed by atoms with E-state index < -0.39 is 17.8 Å². The molecule has 124 valence electrons. The van der Waals surface area contributed by atoms with Crippen molar-refractivity contribution in [2.75, 3.05) is 12.9 Å². The fourth-order valence-corrected chi connectivity index (χ4v) is 4.46. The molecule has 1 aromatic carbocycles. The molecule has 5 nitrogen and oxygen atoms in total. The van der Waals surface area contributed by atoms with Crippen molar-refractivity contribution in [1.29, 1.82) is 0 Å². The molecule has 23 heavy (non-hydrogen) atoms. The molecule has 2 aliphatic rings. The second kappa shape index (κ2) is 6.03. The maximum Gasteiger partial charge on any atom is 0.330 e. The largest absolute Gasteiger partial charge is 0.494 e. The Kier molecular flexibility index (Phi) is 4.23. The molecule has 2 atom stereocenters. The number of hydrogen-bond acceptors (Lipinski definition) is 5. The number of amides is 1. The lowest BCUT2D eigenvalue weighted by Crippen LogP contribution is -2.46. The van der Waals surface area contributed by atoms with Gasteiger partial charge in [-0.2, -0.15) is 0 Å². The number of ether oxygens (including phenoxy) is 2. The van der Waals surface area contributed by atoms with Gasteiger partial charge in [-0.05, 0) is 31.0 Å². The third kappa shape index (κ3) is 2.89. The van der Waals surface area contributed by atoms with Crippen LogP contribution < -0.4 is 4.74 Å². The van der Waals surface area contributed by atoms with Gasteiger partial charge in [-0.3, -0.25) is 4.79 Å². The number of nitrogens with zero attached hydrogens (tertiary/aromatic N) is 1. The number of halogens is 1. The Morgan fingerprint density at radius 2 is 2.30 bits per heavy atom. The van der Waals surface area contributed by atoms with Gasteiger partial charge in [0.25, 0.3) is 0 Å². The van der Waals surface area contributed by atoms with E-state index in [2.05, 4.69) is 0 Å². The topological polar surface area (TPSA) is 55.8 Å². The summed E-state index contributed by atoms with van der Waals surface area (Å²) in [5.74, 6) is -0.258. The summed E-state index contributed by atoms with van der Waals surface area (Å²) >= 11 is 1.61. The summed E-state index contributed by atoms with van der Waals surface area (Å²) in [5.41, 5.74) is 0.540. The van der Waals surface area contributed by atoms with Gasteiger partial charge < -0.3 is 14.4 Å². The van der Waals surface area contributed by atoms with Crippen molar-refractivity contribution in [2.24, 2.45) is 0 Å². The number of fused-ring (bicyclic) bond motifs is 1. The quantitative estimate of drug-likeness (QED) is 0.788. The Hall–Kier alpha value is -1.76. The summed E-state index contributed by atoms with van der Waals surface area (Å²) in [6, 6.07) is 3.86. The van der Waals surface area contributed by atoms with Crippen LogP contribution in [0.2, 0.25) is 0 Å². The lowest BCUT2D eigenvalue weighted by molar-refractivity contribution is -0.154. The van der Waals surface area contributed by atoms with Crippen molar-refractivity contribution in [3.63, 3.8) is 0 Å². The Morgan fingerprint density at radius 1 is 1.52 bits per heavy atom. The van der Waals surface area contributed by atoms with Gasteiger partial charge in [0, 0.05) is 12.2 Å². The predicted molar refractivity (Wildman–Crippen MR) is 83.5 cm³/mol. The van der Waals surface area contributed by atoms with Crippen molar-refractivity contribution in [3.05, 3.63) is 29.6 Å². The molecule has 0 saturated carbocycles. The average Bonchev–Trinajstić information content (AvgIpc) is 3.02. The van der Waals surface area contributed by atoms with E-state index in [1.165, 1.54) is 19.2 Å². The van der Waals surface area contributed by atoms with Crippen LogP contribution >= 0.6 is 11.8 Å². The first-order chi connectivity index (χ1) is 10.9. The van der Waals surface area contributed by atoms with Gasteiger partial charge >= 0.3 is 5.97 Å². The second-order valence-electron chi connectivity index (χ2n) is 5.84. The van der Waals surface area contributed by atoms with Crippen molar-refractivity contribution in [1.82, 2.24) is 4.90 Å². The van der Waals surface area contributed by atoms with Crippen LogP contribution in [0.5, 0.6) is 5.75 Å². The van der Waals surface area contributed by atoms with Crippen molar-refractivity contribution < 1.29 is 23.5 Å². The number of methoxy groups -OCH3 is 1. The summed E-state index contributed by atoms with van der Waals surface area (Å²) in [4.78, 5) is 25.7. The van der Waals surface area contributed by atoms with Crippen molar-refractivity contribution in [3.8, 4) is 5.75 Å². The van der Waals surface area contributed by atoms with Gasteiger partial charge in [0.05, 0.1) is 12.0 Å². The normalized spacial score (nSPS) is 26.3. The molecule has 0 aromatic heterocycles. The number of carbonyl (C=O) groups excluding carboxylic acids is 2. The highest BCUT2D eigenvalue weighted by atomic mass is 32.2. The van der Waals surface area contributed by atoms with Gasteiger partial charge in [0.2, 0.25) is 5.91 Å². The van der Waals surface area contributed by atoms with Crippen LogP contribution in [0.25, 0.3) is 0 Å². The minimum absolute atomic E-state index is 0.00468. The minimum Gasteiger partial charge on any atom is -0.494 e. The van der Waals surface area contributed by atoms with Gasteiger partial charge in [-0.15, -0.1) is 11.8 Å². The molecule has 0 unspecified atom stereocenters. The maximum absolute atomic E-state index is 13.6. The van der Waals surface area contributed by atoms with Crippen LogP contribution in [0.4, 0.5) is 4.39 Å². The first-order valence-electron chi connectivity index (χ1n) is 7.40. The zero-order valence-corrected chi connectivity index (χ0v) is 13.8. The molecule has 0 bridgehead atoms. The standard InChI is InChI=1S/C16H18FNO4S/c1-16-6-5-14(19)18(16)12(9-23-16)15(20)22-8-10-3-4-13(21-2)11(17)7-10/h3-4,7,12H,5-6,8-9H2,1-2H3/t12-,16-/m0/s1.